The van der Waals surface area contributed by atoms with Crippen LogP contribution in [0.4, 0.5) is 0 Å². The molecule has 0 bridgehead atoms. The van der Waals surface area contributed by atoms with Gasteiger partial charge in [-0.3, -0.25) is 0 Å². The van der Waals surface area contributed by atoms with E-state index in [4.69, 9.17) is 0 Å². The fourth-order valence-electron chi connectivity index (χ4n) is 2.56. The van der Waals surface area contributed by atoms with Gasteiger partial charge in [0.2, 0.25) is 0 Å². The van der Waals surface area contributed by atoms with Crippen LogP contribution >= 0.6 is 0 Å². The molecule has 2 aromatic heterocycles. The summed E-state index contributed by atoms with van der Waals surface area (Å²) in [6.07, 6.45) is 0. The SMILES string of the molecule is Cc1ccc(C(c2ccccc2)c2ccc(C)[nH]2)[nH]1. The van der Waals surface area contributed by atoms with Crippen molar-refractivity contribution in [3.8, 4) is 0 Å². The molecule has 19 heavy (non-hydrogen) atoms. The van der Waals surface area contributed by atoms with Gasteiger partial charge >= 0.3 is 0 Å². The van der Waals surface area contributed by atoms with Crippen molar-refractivity contribution >= 4 is 0 Å². The first-order chi connectivity index (χ1) is 9.24. The van der Waals surface area contributed by atoms with Crippen LogP contribution in [0.5, 0.6) is 0 Å². The first kappa shape index (κ1) is 11.8. The monoisotopic (exact) mass is 250 g/mol. The Morgan fingerprint density at radius 2 is 1.21 bits per heavy atom. The van der Waals surface area contributed by atoms with Crippen LogP contribution in [0.15, 0.2) is 54.6 Å². The number of benzene rings is 1. The minimum Gasteiger partial charge on any atom is -0.362 e. The van der Waals surface area contributed by atoms with Crippen LogP contribution in [0.3, 0.4) is 0 Å². The molecule has 0 unspecified atom stereocenters. The Balaban J connectivity index is 2.11. The molecule has 1 aromatic carbocycles. The molecule has 2 N–H and O–H groups in total. The van der Waals surface area contributed by atoms with Gasteiger partial charge in [0.05, 0.1) is 5.92 Å². The van der Waals surface area contributed by atoms with E-state index in [0.29, 0.717) is 0 Å². The smallest absolute Gasteiger partial charge is 0.0641 e. The van der Waals surface area contributed by atoms with Crippen LogP contribution < -0.4 is 0 Å². The van der Waals surface area contributed by atoms with Gasteiger partial charge in [-0.25, -0.2) is 0 Å². The van der Waals surface area contributed by atoms with Gasteiger partial charge < -0.3 is 9.97 Å². The molecule has 0 saturated heterocycles. The lowest BCUT2D eigenvalue weighted by Crippen LogP contribution is -2.04. The molecular weight excluding hydrogens is 232 g/mol. The summed E-state index contributed by atoms with van der Waals surface area (Å²) >= 11 is 0. The molecule has 3 aromatic rings. The number of aromatic amines is 2. The Morgan fingerprint density at radius 1 is 0.684 bits per heavy atom. The lowest BCUT2D eigenvalue weighted by Gasteiger charge is -2.15. The van der Waals surface area contributed by atoms with Gasteiger partial charge in [-0.1, -0.05) is 30.3 Å². The number of nitrogens with one attached hydrogen (secondary N) is 2. The number of H-pyrrole nitrogens is 2. The molecule has 0 saturated carbocycles. The predicted molar refractivity (Wildman–Crippen MR) is 78.4 cm³/mol. The summed E-state index contributed by atoms with van der Waals surface area (Å²) in [5.74, 6) is 0.239. The fourth-order valence-corrected chi connectivity index (χ4v) is 2.56. The molecule has 0 radical (unpaired) electrons. The maximum atomic E-state index is 3.46. The minimum absolute atomic E-state index is 0.239. The summed E-state index contributed by atoms with van der Waals surface area (Å²) in [6, 6.07) is 19.2. The Hall–Kier alpha value is -2.22. The maximum Gasteiger partial charge on any atom is 0.0641 e. The number of hydrogen-bond donors (Lipinski definition) is 2. The summed E-state index contributed by atoms with van der Waals surface area (Å²) in [7, 11) is 0. The number of aryl methyl sites for hydroxylation is 2. The summed E-state index contributed by atoms with van der Waals surface area (Å²) in [4.78, 5) is 6.92. The van der Waals surface area contributed by atoms with Crippen molar-refractivity contribution in [1.82, 2.24) is 9.97 Å². The van der Waals surface area contributed by atoms with Gasteiger partial charge in [0.1, 0.15) is 0 Å². The zero-order valence-electron chi connectivity index (χ0n) is 11.3. The van der Waals surface area contributed by atoms with Crippen molar-refractivity contribution in [2.24, 2.45) is 0 Å². The Labute approximate surface area is 113 Å². The van der Waals surface area contributed by atoms with Crippen LogP contribution in [-0.4, -0.2) is 9.97 Å². The fraction of sp³-hybridized carbons (Fsp3) is 0.176. The van der Waals surface area contributed by atoms with Crippen molar-refractivity contribution in [2.45, 2.75) is 19.8 Å². The van der Waals surface area contributed by atoms with E-state index in [9.17, 15) is 0 Å². The number of hydrogen-bond acceptors (Lipinski definition) is 0. The largest absolute Gasteiger partial charge is 0.362 e. The quantitative estimate of drug-likeness (QED) is 0.700. The highest BCUT2D eigenvalue weighted by Crippen LogP contribution is 2.30. The van der Waals surface area contributed by atoms with E-state index in [-0.39, 0.29) is 5.92 Å². The van der Waals surface area contributed by atoms with Gasteiger partial charge in [-0.05, 0) is 43.7 Å². The minimum atomic E-state index is 0.239. The lowest BCUT2D eigenvalue weighted by atomic mass is 9.93. The van der Waals surface area contributed by atoms with E-state index in [1.807, 2.05) is 0 Å². The maximum absolute atomic E-state index is 3.46. The van der Waals surface area contributed by atoms with E-state index in [0.717, 1.165) is 0 Å². The number of aromatic nitrogens is 2. The average Bonchev–Trinajstić information content (AvgIpc) is 3.01. The molecule has 0 aliphatic heterocycles. The van der Waals surface area contributed by atoms with Gasteiger partial charge in [0, 0.05) is 22.8 Å². The van der Waals surface area contributed by atoms with Crippen LogP contribution in [0.25, 0.3) is 0 Å². The van der Waals surface area contributed by atoms with E-state index >= 15 is 0 Å². The highest BCUT2D eigenvalue weighted by Gasteiger charge is 2.18. The third-order valence-electron chi connectivity index (χ3n) is 3.46. The van der Waals surface area contributed by atoms with Gasteiger partial charge in [-0.2, -0.15) is 0 Å². The number of rotatable bonds is 3. The summed E-state index contributed by atoms with van der Waals surface area (Å²) in [5.41, 5.74) is 6.14. The Kier molecular flexibility index (Phi) is 3.00. The van der Waals surface area contributed by atoms with E-state index in [2.05, 4.69) is 78.4 Å². The van der Waals surface area contributed by atoms with E-state index < -0.39 is 0 Å². The van der Waals surface area contributed by atoms with Gasteiger partial charge in [0.25, 0.3) is 0 Å². The predicted octanol–water partition coefficient (Wildman–Crippen LogP) is 4.14. The van der Waals surface area contributed by atoms with Crippen LogP contribution in [0.2, 0.25) is 0 Å². The molecule has 0 amide bonds. The van der Waals surface area contributed by atoms with Crippen LogP contribution in [0, 0.1) is 13.8 Å². The highest BCUT2D eigenvalue weighted by atomic mass is 14.8. The molecule has 96 valence electrons. The zero-order chi connectivity index (χ0) is 13.2. The molecule has 0 atom stereocenters. The highest BCUT2D eigenvalue weighted by molar-refractivity contribution is 5.39. The molecular formula is C17H18N2. The third kappa shape index (κ3) is 2.34. The molecule has 0 fully saturated rings. The second-order valence-electron chi connectivity index (χ2n) is 5.04. The van der Waals surface area contributed by atoms with Gasteiger partial charge in [0.15, 0.2) is 0 Å². The molecule has 2 heteroatoms. The van der Waals surface area contributed by atoms with Crippen LogP contribution in [0.1, 0.15) is 34.3 Å². The van der Waals surface area contributed by atoms with Crippen LogP contribution in [-0.2, 0) is 0 Å². The Bertz CT molecular complexity index is 621. The van der Waals surface area contributed by atoms with Crippen molar-refractivity contribution in [2.75, 3.05) is 0 Å². The lowest BCUT2D eigenvalue weighted by molar-refractivity contribution is 0.887. The summed E-state index contributed by atoms with van der Waals surface area (Å²) < 4.78 is 0. The average molecular weight is 250 g/mol. The normalized spacial score (nSPS) is 11.1. The second-order valence-corrected chi connectivity index (χ2v) is 5.04. The van der Waals surface area contributed by atoms with E-state index in [1.54, 1.807) is 0 Å². The molecule has 0 aliphatic rings. The summed E-state index contributed by atoms with van der Waals surface area (Å²) in [5, 5.41) is 0. The zero-order valence-corrected chi connectivity index (χ0v) is 11.3. The molecule has 0 aliphatic carbocycles. The molecule has 0 spiro atoms. The molecule has 2 heterocycles. The summed E-state index contributed by atoms with van der Waals surface area (Å²) in [6.45, 7) is 4.18. The van der Waals surface area contributed by atoms with Crippen molar-refractivity contribution in [1.29, 1.82) is 0 Å². The second kappa shape index (κ2) is 4.81. The van der Waals surface area contributed by atoms with Crippen molar-refractivity contribution < 1.29 is 0 Å². The van der Waals surface area contributed by atoms with E-state index in [1.165, 1.54) is 28.3 Å². The first-order valence-electron chi connectivity index (χ1n) is 6.60. The Morgan fingerprint density at radius 3 is 1.63 bits per heavy atom. The first-order valence-corrected chi connectivity index (χ1v) is 6.60. The molecule has 3 rings (SSSR count). The third-order valence-corrected chi connectivity index (χ3v) is 3.46. The molecule has 2 nitrogen and oxygen atoms in total. The van der Waals surface area contributed by atoms with Crippen molar-refractivity contribution in [3.05, 3.63) is 82.9 Å². The topological polar surface area (TPSA) is 31.6 Å². The van der Waals surface area contributed by atoms with Crippen molar-refractivity contribution in [3.63, 3.8) is 0 Å². The van der Waals surface area contributed by atoms with Gasteiger partial charge in [-0.15, -0.1) is 0 Å². The standard InChI is InChI=1S/C17H18N2/c1-12-8-10-15(18-12)17(14-6-4-3-5-7-14)16-11-9-13(2)19-16/h3-11,17-19H,1-2H3.